The van der Waals surface area contributed by atoms with Crippen LogP contribution in [0.5, 0.6) is 0 Å². The summed E-state index contributed by atoms with van der Waals surface area (Å²) in [6, 6.07) is 0. The Morgan fingerprint density at radius 2 is 1.12 bits per heavy atom. The standard InChI is InChI=1S/C12H26.C12H24/c1-4-6-8-9-11-12(3)10-7-5-2;1-4-6-8-10-12(3)11-9-7-5-2/h12H,4-11H2,1-3H3;8,10,12H,4-7,9,11H2,1-3H3/b;10-8+. The summed E-state index contributed by atoms with van der Waals surface area (Å²) in [7, 11) is 0. The Hall–Kier alpha value is -0.260. The Balaban J connectivity index is 0. The number of rotatable bonds is 15. The summed E-state index contributed by atoms with van der Waals surface area (Å²) in [5.74, 6) is 1.77. The van der Waals surface area contributed by atoms with E-state index in [4.69, 9.17) is 0 Å². The van der Waals surface area contributed by atoms with E-state index in [1.165, 1.54) is 89.9 Å². The number of hydrogen-bond donors (Lipinski definition) is 0. The molecule has 0 heterocycles. The summed E-state index contributed by atoms with van der Waals surface area (Å²) in [6.07, 6.45) is 24.1. The van der Waals surface area contributed by atoms with Crippen LogP contribution in [-0.2, 0) is 0 Å². The fourth-order valence-electron chi connectivity index (χ4n) is 2.92. The van der Waals surface area contributed by atoms with Crippen LogP contribution < -0.4 is 0 Å². The normalized spacial score (nSPS) is 13.6. The van der Waals surface area contributed by atoms with Gasteiger partial charge in [0.25, 0.3) is 0 Å². The molecular weight excluding hydrogens is 288 g/mol. The van der Waals surface area contributed by atoms with Crippen LogP contribution in [0.15, 0.2) is 12.2 Å². The molecule has 0 saturated heterocycles. The van der Waals surface area contributed by atoms with Crippen molar-refractivity contribution in [3.8, 4) is 0 Å². The van der Waals surface area contributed by atoms with Crippen molar-refractivity contribution >= 4 is 0 Å². The first-order valence-electron chi connectivity index (χ1n) is 11.3. The van der Waals surface area contributed by atoms with Crippen LogP contribution in [0.2, 0.25) is 0 Å². The van der Waals surface area contributed by atoms with Crippen molar-refractivity contribution in [1.29, 1.82) is 0 Å². The van der Waals surface area contributed by atoms with Crippen LogP contribution in [0.1, 0.15) is 131 Å². The van der Waals surface area contributed by atoms with E-state index in [-0.39, 0.29) is 0 Å². The van der Waals surface area contributed by atoms with Gasteiger partial charge in [0.2, 0.25) is 0 Å². The third kappa shape index (κ3) is 24.0. The maximum absolute atomic E-state index is 2.40. The van der Waals surface area contributed by atoms with Crippen molar-refractivity contribution in [3.05, 3.63) is 12.2 Å². The van der Waals surface area contributed by atoms with Crippen molar-refractivity contribution in [3.63, 3.8) is 0 Å². The molecule has 24 heavy (non-hydrogen) atoms. The molecule has 0 amide bonds. The predicted octanol–water partition coefficient (Wildman–Crippen LogP) is 9.34. The van der Waals surface area contributed by atoms with Crippen LogP contribution in [0.3, 0.4) is 0 Å². The summed E-state index contributed by atoms with van der Waals surface area (Å²) in [5, 5.41) is 0. The zero-order chi connectivity index (χ0) is 18.5. The van der Waals surface area contributed by atoms with Crippen molar-refractivity contribution in [2.75, 3.05) is 0 Å². The van der Waals surface area contributed by atoms with E-state index < -0.39 is 0 Å². The molecule has 0 aliphatic heterocycles. The van der Waals surface area contributed by atoms with E-state index in [2.05, 4.69) is 53.7 Å². The number of unbranched alkanes of at least 4 members (excludes halogenated alkanes) is 7. The quantitative estimate of drug-likeness (QED) is 0.206. The Bertz CT molecular complexity index is 228. The topological polar surface area (TPSA) is 0 Å². The van der Waals surface area contributed by atoms with Gasteiger partial charge in [-0.05, 0) is 24.7 Å². The molecule has 0 aliphatic carbocycles. The molecule has 0 aromatic rings. The van der Waals surface area contributed by atoms with Gasteiger partial charge in [0.05, 0.1) is 0 Å². The molecule has 0 fully saturated rings. The number of hydrogen-bond acceptors (Lipinski definition) is 0. The summed E-state index contributed by atoms with van der Waals surface area (Å²) < 4.78 is 0. The first-order valence-corrected chi connectivity index (χ1v) is 11.3. The molecular formula is C24H50. The molecule has 0 spiro atoms. The summed E-state index contributed by atoms with van der Waals surface area (Å²) in [5.41, 5.74) is 0. The lowest BCUT2D eigenvalue weighted by molar-refractivity contribution is 0.445. The van der Waals surface area contributed by atoms with Crippen molar-refractivity contribution in [1.82, 2.24) is 0 Å². The molecule has 146 valence electrons. The van der Waals surface area contributed by atoms with Gasteiger partial charge in [0, 0.05) is 0 Å². The lowest BCUT2D eigenvalue weighted by Crippen LogP contribution is -1.94. The molecule has 0 rings (SSSR count). The lowest BCUT2D eigenvalue weighted by atomic mass is 9.97. The van der Waals surface area contributed by atoms with E-state index in [1.54, 1.807) is 0 Å². The average molecular weight is 339 g/mol. The van der Waals surface area contributed by atoms with Crippen LogP contribution in [0.4, 0.5) is 0 Å². The molecule has 0 heteroatoms. The minimum absolute atomic E-state index is 0.795. The second kappa shape index (κ2) is 22.7. The fourth-order valence-corrected chi connectivity index (χ4v) is 2.92. The van der Waals surface area contributed by atoms with Gasteiger partial charge < -0.3 is 0 Å². The van der Waals surface area contributed by atoms with E-state index in [0.29, 0.717) is 0 Å². The highest BCUT2D eigenvalue weighted by atomic mass is 14.1. The minimum atomic E-state index is 0.795. The Labute approximate surface area is 155 Å². The molecule has 0 radical (unpaired) electrons. The Kier molecular flexibility index (Phi) is 24.6. The van der Waals surface area contributed by atoms with Crippen molar-refractivity contribution < 1.29 is 0 Å². The second-order valence-corrected chi connectivity index (χ2v) is 7.79. The maximum Gasteiger partial charge on any atom is -0.0262 e. The van der Waals surface area contributed by atoms with Gasteiger partial charge in [-0.3, -0.25) is 0 Å². The predicted molar refractivity (Wildman–Crippen MR) is 115 cm³/mol. The van der Waals surface area contributed by atoms with Gasteiger partial charge in [-0.25, -0.2) is 0 Å². The van der Waals surface area contributed by atoms with Gasteiger partial charge in [-0.2, -0.15) is 0 Å². The average Bonchev–Trinajstić information content (AvgIpc) is 2.58. The number of allylic oxidation sites excluding steroid dienone is 2. The van der Waals surface area contributed by atoms with Gasteiger partial charge in [0.1, 0.15) is 0 Å². The van der Waals surface area contributed by atoms with E-state index in [0.717, 1.165) is 11.8 Å². The van der Waals surface area contributed by atoms with Crippen LogP contribution in [-0.4, -0.2) is 0 Å². The highest BCUT2D eigenvalue weighted by Crippen LogP contribution is 2.16. The van der Waals surface area contributed by atoms with E-state index >= 15 is 0 Å². The molecule has 0 aromatic carbocycles. The molecule has 2 atom stereocenters. The smallest absolute Gasteiger partial charge is 0.0262 e. The molecule has 0 nitrogen and oxygen atoms in total. The van der Waals surface area contributed by atoms with Crippen LogP contribution >= 0.6 is 0 Å². The van der Waals surface area contributed by atoms with Crippen LogP contribution in [0.25, 0.3) is 0 Å². The summed E-state index contributed by atoms with van der Waals surface area (Å²) >= 11 is 0. The van der Waals surface area contributed by atoms with Gasteiger partial charge in [-0.15, -0.1) is 0 Å². The van der Waals surface area contributed by atoms with Gasteiger partial charge in [0.15, 0.2) is 0 Å². The Morgan fingerprint density at radius 1 is 0.583 bits per heavy atom. The first-order chi connectivity index (χ1) is 11.6. The second-order valence-electron chi connectivity index (χ2n) is 7.79. The molecule has 0 saturated carbocycles. The third-order valence-electron chi connectivity index (χ3n) is 4.78. The highest BCUT2D eigenvalue weighted by molar-refractivity contribution is 4.85. The van der Waals surface area contributed by atoms with E-state index in [9.17, 15) is 0 Å². The van der Waals surface area contributed by atoms with Gasteiger partial charge in [-0.1, -0.05) is 131 Å². The first kappa shape index (κ1) is 26.0. The molecule has 0 bridgehead atoms. The van der Waals surface area contributed by atoms with Gasteiger partial charge >= 0.3 is 0 Å². The Morgan fingerprint density at radius 3 is 1.71 bits per heavy atom. The fraction of sp³-hybridized carbons (Fsp3) is 0.917. The highest BCUT2D eigenvalue weighted by Gasteiger charge is 2.00. The minimum Gasteiger partial charge on any atom is -0.0883 e. The van der Waals surface area contributed by atoms with E-state index in [1.807, 2.05) is 0 Å². The zero-order valence-electron chi connectivity index (χ0n) is 18.2. The summed E-state index contributed by atoms with van der Waals surface area (Å²) in [6.45, 7) is 13.8. The van der Waals surface area contributed by atoms with Crippen LogP contribution in [0, 0.1) is 11.8 Å². The molecule has 0 aliphatic rings. The zero-order valence-corrected chi connectivity index (χ0v) is 18.2. The largest absolute Gasteiger partial charge is 0.0883 e. The molecule has 0 aromatic heterocycles. The molecule has 2 unspecified atom stereocenters. The summed E-state index contributed by atoms with van der Waals surface area (Å²) in [4.78, 5) is 0. The maximum atomic E-state index is 2.40. The van der Waals surface area contributed by atoms with Crippen molar-refractivity contribution in [2.24, 2.45) is 11.8 Å². The molecule has 0 N–H and O–H groups in total. The lowest BCUT2D eigenvalue weighted by Gasteiger charge is -2.09. The SMILES string of the molecule is CCC/C=C/C(C)CCCCC.CCCCCCC(C)CCCC. The third-order valence-corrected chi connectivity index (χ3v) is 4.78. The monoisotopic (exact) mass is 338 g/mol. The van der Waals surface area contributed by atoms with Crippen molar-refractivity contribution in [2.45, 2.75) is 131 Å².